The molecule has 0 spiro atoms. The number of benzene rings is 2. The standard InChI is InChI=1S/C25H31BrN2O4/c1-17-14-18(10-13-22(17)32-25(2,3)23(29)30)6-5-7-21-16-28(24(31)27(21)4)15-19-8-11-20(26)12-9-19/h8-14,21H,5-7,15-16H2,1-4H3,(H,29,30)/t21-/m0/s1. The molecule has 1 heterocycles. The Morgan fingerprint density at radius 3 is 2.47 bits per heavy atom. The van der Waals surface area contributed by atoms with Crippen LogP contribution in [-0.2, 0) is 17.8 Å². The predicted molar refractivity (Wildman–Crippen MR) is 128 cm³/mol. The quantitative estimate of drug-likeness (QED) is 0.507. The van der Waals surface area contributed by atoms with E-state index in [2.05, 4.69) is 22.0 Å². The van der Waals surface area contributed by atoms with Gasteiger partial charge in [0.05, 0.1) is 6.04 Å². The highest BCUT2D eigenvalue weighted by Crippen LogP contribution is 2.26. The van der Waals surface area contributed by atoms with Crippen molar-refractivity contribution in [2.75, 3.05) is 13.6 Å². The van der Waals surface area contributed by atoms with Crippen molar-refractivity contribution in [3.63, 3.8) is 0 Å². The second-order valence-electron chi connectivity index (χ2n) is 8.96. The first kappa shape index (κ1) is 24.1. The second-order valence-corrected chi connectivity index (χ2v) is 9.88. The fraction of sp³-hybridized carbons (Fsp3) is 0.440. The van der Waals surface area contributed by atoms with E-state index in [1.165, 1.54) is 5.56 Å². The van der Waals surface area contributed by atoms with Gasteiger partial charge in [-0.3, -0.25) is 0 Å². The van der Waals surface area contributed by atoms with Crippen molar-refractivity contribution in [2.24, 2.45) is 0 Å². The predicted octanol–water partition coefficient (Wildman–Crippen LogP) is 5.26. The van der Waals surface area contributed by atoms with Gasteiger partial charge in [0.2, 0.25) is 0 Å². The summed E-state index contributed by atoms with van der Waals surface area (Å²) in [6, 6.07) is 14.3. The normalized spacial score (nSPS) is 16.5. The molecule has 172 valence electrons. The summed E-state index contributed by atoms with van der Waals surface area (Å²) in [5.74, 6) is -0.406. The van der Waals surface area contributed by atoms with Crippen molar-refractivity contribution >= 4 is 27.9 Å². The summed E-state index contributed by atoms with van der Waals surface area (Å²) in [5.41, 5.74) is 1.96. The molecular weight excluding hydrogens is 472 g/mol. The molecule has 7 heteroatoms. The summed E-state index contributed by atoms with van der Waals surface area (Å²) in [7, 11) is 1.88. The average Bonchev–Trinajstić information content (AvgIpc) is 2.99. The second kappa shape index (κ2) is 9.94. The average molecular weight is 503 g/mol. The van der Waals surface area contributed by atoms with Crippen LogP contribution in [0, 0.1) is 6.92 Å². The molecule has 0 radical (unpaired) electrons. The first-order valence-electron chi connectivity index (χ1n) is 10.8. The van der Waals surface area contributed by atoms with Gasteiger partial charge in [-0.2, -0.15) is 0 Å². The number of likely N-dealkylation sites (N-methyl/N-ethyl adjacent to an activating group) is 1. The van der Waals surface area contributed by atoms with Crippen molar-refractivity contribution < 1.29 is 19.4 Å². The zero-order valence-corrected chi connectivity index (χ0v) is 20.7. The molecule has 3 rings (SSSR count). The van der Waals surface area contributed by atoms with Crippen LogP contribution in [0.15, 0.2) is 46.9 Å². The molecule has 0 bridgehead atoms. The van der Waals surface area contributed by atoms with Crippen LogP contribution >= 0.6 is 15.9 Å². The van der Waals surface area contributed by atoms with E-state index in [1.54, 1.807) is 13.8 Å². The molecule has 6 nitrogen and oxygen atoms in total. The molecule has 1 aliphatic heterocycles. The van der Waals surface area contributed by atoms with Gasteiger partial charge in [0.1, 0.15) is 5.75 Å². The lowest BCUT2D eigenvalue weighted by atomic mass is 10.0. The molecule has 1 saturated heterocycles. The van der Waals surface area contributed by atoms with Gasteiger partial charge in [0.15, 0.2) is 5.60 Å². The molecule has 1 atom stereocenters. The van der Waals surface area contributed by atoms with Crippen LogP contribution in [-0.4, -0.2) is 52.1 Å². The van der Waals surface area contributed by atoms with Crippen molar-refractivity contribution in [1.29, 1.82) is 0 Å². The summed E-state index contributed by atoms with van der Waals surface area (Å²) in [4.78, 5) is 27.7. The number of nitrogens with zero attached hydrogens (tertiary/aromatic N) is 2. The number of rotatable bonds is 9. The topological polar surface area (TPSA) is 70.1 Å². The zero-order valence-electron chi connectivity index (χ0n) is 19.1. The summed E-state index contributed by atoms with van der Waals surface area (Å²) in [5, 5.41) is 9.26. The highest BCUT2D eigenvalue weighted by molar-refractivity contribution is 9.10. The molecule has 2 amide bonds. The maximum atomic E-state index is 12.7. The molecule has 1 aliphatic rings. The largest absolute Gasteiger partial charge is 0.478 e. The Labute approximate surface area is 198 Å². The number of carbonyl (C=O) groups is 2. The van der Waals surface area contributed by atoms with Crippen LogP contribution in [0.4, 0.5) is 4.79 Å². The Hall–Kier alpha value is -2.54. The number of carboxylic acids is 1. The molecule has 1 fully saturated rings. The Morgan fingerprint density at radius 2 is 1.84 bits per heavy atom. The van der Waals surface area contributed by atoms with Crippen molar-refractivity contribution in [2.45, 2.75) is 58.2 Å². The smallest absolute Gasteiger partial charge is 0.347 e. The summed E-state index contributed by atoms with van der Waals surface area (Å²) in [6.45, 7) is 6.38. The van der Waals surface area contributed by atoms with Gasteiger partial charge in [0, 0.05) is 24.6 Å². The highest BCUT2D eigenvalue weighted by atomic mass is 79.9. The van der Waals surface area contributed by atoms with E-state index in [9.17, 15) is 14.7 Å². The third-order valence-electron chi connectivity index (χ3n) is 5.96. The van der Waals surface area contributed by atoms with E-state index in [1.807, 2.05) is 60.2 Å². The van der Waals surface area contributed by atoms with Crippen LogP contribution in [0.3, 0.4) is 0 Å². The summed E-state index contributed by atoms with van der Waals surface area (Å²) >= 11 is 3.44. The van der Waals surface area contributed by atoms with E-state index in [4.69, 9.17) is 4.74 Å². The van der Waals surface area contributed by atoms with E-state index < -0.39 is 11.6 Å². The van der Waals surface area contributed by atoms with Gasteiger partial charge in [-0.1, -0.05) is 40.2 Å². The minimum Gasteiger partial charge on any atom is -0.478 e. The number of carboxylic acid groups (broad SMARTS) is 1. The summed E-state index contributed by atoms with van der Waals surface area (Å²) in [6.07, 6.45) is 2.80. The van der Waals surface area contributed by atoms with Crippen LogP contribution in [0.5, 0.6) is 5.75 Å². The van der Waals surface area contributed by atoms with Crippen molar-refractivity contribution in [1.82, 2.24) is 9.80 Å². The highest BCUT2D eigenvalue weighted by Gasteiger charge is 2.34. The van der Waals surface area contributed by atoms with Crippen LogP contribution in [0.25, 0.3) is 0 Å². The van der Waals surface area contributed by atoms with Gasteiger partial charge in [-0.25, -0.2) is 9.59 Å². The van der Waals surface area contributed by atoms with Crippen LogP contribution in [0.2, 0.25) is 0 Å². The van der Waals surface area contributed by atoms with Crippen molar-refractivity contribution in [3.8, 4) is 5.75 Å². The number of urea groups is 1. The molecule has 0 unspecified atom stereocenters. The van der Waals surface area contributed by atoms with E-state index >= 15 is 0 Å². The number of aryl methyl sites for hydroxylation is 2. The number of carbonyl (C=O) groups excluding carboxylic acids is 1. The molecule has 32 heavy (non-hydrogen) atoms. The van der Waals surface area contributed by atoms with Crippen LogP contribution < -0.4 is 4.74 Å². The zero-order chi connectivity index (χ0) is 23.5. The first-order valence-corrected chi connectivity index (χ1v) is 11.6. The molecule has 0 aliphatic carbocycles. The number of amides is 2. The van der Waals surface area contributed by atoms with Crippen LogP contribution in [0.1, 0.15) is 43.4 Å². The molecule has 2 aromatic rings. The fourth-order valence-corrected chi connectivity index (χ4v) is 4.17. The fourth-order valence-electron chi connectivity index (χ4n) is 3.90. The Bertz CT molecular complexity index is 974. The Kier molecular flexibility index (Phi) is 7.49. The molecule has 2 aromatic carbocycles. The maximum Gasteiger partial charge on any atom is 0.347 e. The lowest BCUT2D eigenvalue weighted by molar-refractivity contribution is -0.152. The molecule has 1 N–H and O–H groups in total. The summed E-state index contributed by atoms with van der Waals surface area (Å²) < 4.78 is 6.71. The number of hydrogen-bond acceptors (Lipinski definition) is 3. The first-order chi connectivity index (χ1) is 15.1. The minimum absolute atomic E-state index is 0.0799. The third-order valence-corrected chi connectivity index (χ3v) is 6.49. The van der Waals surface area contributed by atoms with Gasteiger partial charge >= 0.3 is 12.0 Å². The van der Waals surface area contributed by atoms with Crippen molar-refractivity contribution in [3.05, 3.63) is 63.6 Å². The maximum absolute atomic E-state index is 12.7. The number of halogens is 1. The lowest BCUT2D eigenvalue weighted by Crippen LogP contribution is -2.38. The number of ether oxygens (including phenoxy) is 1. The monoisotopic (exact) mass is 502 g/mol. The number of hydrogen-bond donors (Lipinski definition) is 1. The van der Waals surface area contributed by atoms with Gasteiger partial charge in [0.25, 0.3) is 0 Å². The van der Waals surface area contributed by atoms with Gasteiger partial charge in [-0.05, 0) is 74.9 Å². The SMILES string of the molecule is Cc1cc(CCC[C@H]2CN(Cc3ccc(Br)cc3)C(=O)N2C)ccc1OC(C)(C)C(=O)O. The lowest BCUT2D eigenvalue weighted by Gasteiger charge is -2.23. The van der Waals surface area contributed by atoms with E-state index in [-0.39, 0.29) is 12.1 Å². The molecular formula is C25H31BrN2O4. The van der Waals surface area contributed by atoms with Gasteiger partial charge < -0.3 is 19.6 Å². The third kappa shape index (κ3) is 5.82. The molecule has 0 aromatic heterocycles. The van der Waals surface area contributed by atoms with Gasteiger partial charge in [-0.15, -0.1) is 0 Å². The Morgan fingerprint density at radius 1 is 1.19 bits per heavy atom. The van der Waals surface area contributed by atoms with E-state index in [0.717, 1.165) is 41.4 Å². The molecule has 0 saturated carbocycles. The van der Waals surface area contributed by atoms with E-state index in [0.29, 0.717) is 12.3 Å². The Balaban J connectivity index is 1.52. The minimum atomic E-state index is -1.27. The number of aliphatic carboxylic acids is 1.